The van der Waals surface area contributed by atoms with Gasteiger partial charge in [0, 0.05) is 17.0 Å². The molecule has 9 heteroatoms. The number of carbonyl (C=O) groups excluding carboxylic acids is 1. The molecule has 6 nitrogen and oxygen atoms in total. The fourth-order valence-electron chi connectivity index (χ4n) is 3.74. The molecule has 0 spiro atoms. The van der Waals surface area contributed by atoms with Crippen LogP contribution in [-0.4, -0.2) is 25.5 Å². The maximum atomic E-state index is 13.0. The zero-order valence-electron chi connectivity index (χ0n) is 17.2. The van der Waals surface area contributed by atoms with Crippen molar-refractivity contribution in [2.24, 2.45) is 0 Å². The molecule has 2 heterocycles. The Morgan fingerprint density at radius 1 is 1.10 bits per heavy atom. The Kier molecular flexibility index (Phi) is 5.12. The molecule has 0 aliphatic rings. The van der Waals surface area contributed by atoms with E-state index < -0.39 is 12.0 Å². The zero-order chi connectivity index (χ0) is 22.3. The van der Waals surface area contributed by atoms with Crippen molar-refractivity contribution in [3.63, 3.8) is 0 Å². The first-order valence-corrected chi connectivity index (χ1v) is 9.72. The molecule has 0 unspecified atom stereocenters. The number of benzene rings is 2. The van der Waals surface area contributed by atoms with Gasteiger partial charge in [-0.3, -0.25) is 4.79 Å². The van der Waals surface area contributed by atoms with Crippen LogP contribution in [0.3, 0.4) is 0 Å². The maximum Gasteiger partial charge on any atom is 0.453 e. The number of rotatable bonds is 4. The van der Waals surface area contributed by atoms with E-state index in [2.05, 4.69) is 20.4 Å². The van der Waals surface area contributed by atoms with Crippen molar-refractivity contribution >= 4 is 22.5 Å². The number of nitrogens with zero attached hydrogens (tertiary/aromatic N) is 4. The maximum absolute atomic E-state index is 13.0. The molecular formula is C22H20F3N5O. The summed E-state index contributed by atoms with van der Waals surface area (Å²) in [6.45, 7) is 5.15. The number of nitrogens with one attached hydrogen (secondary N) is 1. The van der Waals surface area contributed by atoms with Crippen LogP contribution in [0.25, 0.3) is 16.6 Å². The second kappa shape index (κ2) is 7.64. The molecule has 0 fully saturated rings. The van der Waals surface area contributed by atoms with Crippen molar-refractivity contribution in [1.82, 2.24) is 24.9 Å². The van der Waals surface area contributed by atoms with Gasteiger partial charge in [0.25, 0.3) is 11.6 Å². The lowest BCUT2D eigenvalue weighted by atomic mass is 9.99. The number of fused-ring (bicyclic) bond motifs is 2. The van der Waals surface area contributed by atoms with Gasteiger partial charge in [0.2, 0.25) is 5.91 Å². The Morgan fingerprint density at radius 2 is 1.81 bits per heavy atom. The quantitative estimate of drug-likeness (QED) is 0.526. The molecule has 2 aromatic heterocycles. The molecule has 1 atom stereocenters. The Bertz CT molecular complexity index is 1290. The van der Waals surface area contributed by atoms with Gasteiger partial charge in [-0.25, -0.2) is 9.50 Å². The second-order valence-corrected chi connectivity index (χ2v) is 7.44. The van der Waals surface area contributed by atoms with Gasteiger partial charge in [-0.2, -0.15) is 18.2 Å². The van der Waals surface area contributed by atoms with Crippen molar-refractivity contribution in [3.8, 4) is 0 Å². The number of amides is 1. The average molecular weight is 427 g/mol. The highest BCUT2D eigenvalue weighted by atomic mass is 19.4. The third kappa shape index (κ3) is 3.95. The van der Waals surface area contributed by atoms with Crippen LogP contribution in [0.2, 0.25) is 0 Å². The fourth-order valence-corrected chi connectivity index (χ4v) is 3.74. The normalized spacial score (nSPS) is 13.0. The molecule has 31 heavy (non-hydrogen) atoms. The fraction of sp³-hybridized carbons (Fsp3) is 0.273. The minimum atomic E-state index is -4.67. The lowest BCUT2D eigenvalue weighted by molar-refractivity contribution is -0.144. The van der Waals surface area contributed by atoms with Crippen LogP contribution in [0.1, 0.15) is 41.3 Å². The summed E-state index contributed by atoms with van der Waals surface area (Å²) < 4.78 is 39.9. The van der Waals surface area contributed by atoms with Crippen LogP contribution >= 0.6 is 0 Å². The first-order valence-electron chi connectivity index (χ1n) is 9.72. The van der Waals surface area contributed by atoms with E-state index in [9.17, 15) is 18.0 Å². The van der Waals surface area contributed by atoms with Crippen LogP contribution < -0.4 is 5.32 Å². The molecule has 1 N–H and O–H groups in total. The van der Waals surface area contributed by atoms with Crippen molar-refractivity contribution in [1.29, 1.82) is 0 Å². The molecule has 0 aliphatic carbocycles. The lowest BCUT2D eigenvalue weighted by Crippen LogP contribution is -2.29. The topological polar surface area (TPSA) is 72.2 Å². The van der Waals surface area contributed by atoms with E-state index >= 15 is 0 Å². The average Bonchev–Trinajstić information content (AvgIpc) is 3.15. The Hall–Kier alpha value is -3.49. The molecule has 4 aromatic rings. The van der Waals surface area contributed by atoms with Gasteiger partial charge < -0.3 is 5.32 Å². The highest BCUT2D eigenvalue weighted by Crippen LogP contribution is 2.27. The van der Waals surface area contributed by atoms with Crippen LogP contribution in [0.5, 0.6) is 0 Å². The Labute approximate surface area is 176 Å². The Morgan fingerprint density at radius 3 is 2.55 bits per heavy atom. The lowest BCUT2D eigenvalue weighted by Gasteiger charge is -2.17. The zero-order valence-corrected chi connectivity index (χ0v) is 17.2. The third-order valence-corrected chi connectivity index (χ3v) is 5.31. The summed E-state index contributed by atoms with van der Waals surface area (Å²) in [6.07, 6.45) is -4.70. The van der Waals surface area contributed by atoms with Crippen molar-refractivity contribution in [2.45, 2.75) is 39.4 Å². The van der Waals surface area contributed by atoms with E-state index in [1.807, 2.05) is 49.4 Å². The third-order valence-electron chi connectivity index (χ3n) is 5.31. The molecule has 160 valence electrons. The molecule has 1 amide bonds. The molecule has 0 bridgehead atoms. The minimum absolute atomic E-state index is 0.0308. The number of alkyl halides is 3. The summed E-state index contributed by atoms with van der Waals surface area (Å²) in [5.74, 6) is -1.66. The summed E-state index contributed by atoms with van der Waals surface area (Å²) in [5.41, 5.74) is 2.35. The van der Waals surface area contributed by atoms with Gasteiger partial charge in [-0.15, -0.1) is 5.10 Å². The van der Waals surface area contributed by atoms with E-state index in [1.54, 1.807) is 13.8 Å². The van der Waals surface area contributed by atoms with E-state index in [0.29, 0.717) is 17.0 Å². The van der Waals surface area contributed by atoms with Gasteiger partial charge in [0.1, 0.15) is 0 Å². The van der Waals surface area contributed by atoms with Crippen LogP contribution in [0.15, 0.2) is 42.5 Å². The summed E-state index contributed by atoms with van der Waals surface area (Å²) in [4.78, 5) is 20.3. The molecule has 0 aliphatic heterocycles. The molecule has 2 aromatic carbocycles. The smallest absolute Gasteiger partial charge is 0.349 e. The van der Waals surface area contributed by atoms with Crippen LogP contribution in [0.4, 0.5) is 13.2 Å². The van der Waals surface area contributed by atoms with Gasteiger partial charge in [0.15, 0.2) is 0 Å². The van der Waals surface area contributed by atoms with Crippen molar-refractivity contribution < 1.29 is 18.0 Å². The number of aryl methyl sites for hydroxylation is 2. The summed E-state index contributed by atoms with van der Waals surface area (Å²) in [7, 11) is 0. The number of halogens is 3. The number of carbonyl (C=O) groups is 1. The van der Waals surface area contributed by atoms with E-state index in [1.165, 1.54) is 0 Å². The summed E-state index contributed by atoms with van der Waals surface area (Å²) >= 11 is 0. The molecular weight excluding hydrogens is 407 g/mol. The van der Waals surface area contributed by atoms with Gasteiger partial charge >= 0.3 is 6.18 Å². The van der Waals surface area contributed by atoms with E-state index in [-0.39, 0.29) is 24.1 Å². The first-order chi connectivity index (χ1) is 14.6. The second-order valence-electron chi connectivity index (χ2n) is 7.44. The minimum Gasteiger partial charge on any atom is -0.349 e. The Balaban J connectivity index is 1.59. The molecule has 0 saturated heterocycles. The van der Waals surface area contributed by atoms with Crippen molar-refractivity contribution in [2.75, 3.05) is 0 Å². The number of hydrogen-bond donors (Lipinski definition) is 1. The van der Waals surface area contributed by atoms with Gasteiger partial charge in [-0.1, -0.05) is 42.5 Å². The van der Waals surface area contributed by atoms with Crippen LogP contribution in [0, 0.1) is 13.8 Å². The van der Waals surface area contributed by atoms with Crippen molar-refractivity contribution in [3.05, 3.63) is 70.8 Å². The monoisotopic (exact) mass is 427 g/mol. The highest BCUT2D eigenvalue weighted by molar-refractivity contribution is 5.87. The summed E-state index contributed by atoms with van der Waals surface area (Å²) in [5, 5.41) is 8.63. The predicted octanol–water partition coefficient (Wildman–Crippen LogP) is 4.33. The standard InChI is InChI=1S/C22H20F3N5O/c1-12(16-10-6-8-15-7-4-5-9-17(15)16)26-19(31)11-18-13(2)27-21-28-20(22(23,24)25)29-30(21)14(18)3/h4-10,12H,11H2,1-3H3,(H,26,31)/t12-/m0/s1. The number of aromatic nitrogens is 4. The molecule has 0 radical (unpaired) electrons. The largest absolute Gasteiger partial charge is 0.453 e. The molecule has 4 rings (SSSR count). The predicted molar refractivity (Wildman–Crippen MR) is 109 cm³/mol. The van der Waals surface area contributed by atoms with E-state index in [0.717, 1.165) is 20.9 Å². The van der Waals surface area contributed by atoms with Gasteiger partial charge in [-0.05, 0) is 37.1 Å². The first kappa shape index (κ1) is 20.8. The van der Waals surface area contributed by atoms with Gasteiger partial charge in [0.05, 0.1) is 12.5 Å². The SMILES string of the molecule is Cc1nc2nc(C(F)(F)F)nn2c(C)c1CC(=O)N[C@@H](C)c1cccc2ccccc12. The number of hydrogen-bond acceptors (Lipinski definition) is 4. The van der Waals surface area contributed by atoms with Crippen LogP contribution in [-0.2, 0) is 17.4 Å². The van der Waals surface area contributed by atoms with E-state index in [4.69, 9.17) is 0 Å². The molecule has 0 saturated carbocycles. The highest BCUT2D eigenvalue weighted by Gasteiger charge is 2.37. The summed E-state index contributed by atoms with van der Waals surface area (Å²) in [6, 6.07) is 13.6.